The molecule has 5 N–H and O–H groups in total. The van der Waals surface area contributed by atoms with Gasteiger partial charge in [0, 0.05) is 0 Å². The number of aldehydes is 1. The second-order valence-electron chi connectivity index (χ2n) is 2.36. The first-order chi connectivity index (χ1) is 5.54. The zero-order valence-electron chi connectivity index (χ0n) is 6.24. The van der Waals surface area contributed by atoms with Crippen molar-refractivity contribution in [1.29, 1.82) is 0 Å². The van der Waals surface area contributed by atoms with Crippen LogP contribution in [0.5, 0.6) is 0 Å². The topological polar surface area (TPSA) is 118 Å². The van der Waals surface area contributed by atoms with Gasteiger partial charge in [0.15, 0.2) is 6.29 Å². The molecule has 6 heteroatoms. The highest BCUT2D eigenvalue weighted by molar-refractivity contribution is 5.56. The predicted molar refractivity (Wildman–Crippen MR) is 37.2 cm³/mol. The van der Waals surface area contributed by atoms with Gasteiger partial charge >= 0.3 is 0 Å². The highest BCUT2D eigenvalue weighted by atomic mass is 16.4. The molecule has 0 aliphatic heterocycles. The van der Waals surface area contributed by atoms with Gasteiger partial charge in [0.05, 0.1) is 6.61 Å². The normalized spacial score (nSPS) is 21.1. The molecule has 72 valence electrons. The molecule has 0 aromatic rings. The third-order valence-electron chi connectivity index (χ3n) is 1.42. The second kappa shape index (κ2) is 5.18. The van der Waals surface area contributed by atoms with E-state index >= 15 is 0 Å². The Labute approximate surface area is 68.7 Å². The summed E-state index contributed by atoms with van der Waals surface area (Å²) < 4.78 is 0. The van der Waals surface area contributed by atoms with E-state index in [0.717, 1.165) is 0 Å². The fourth-order valence-electron chi connectivity index (χ4n) is 0.618. The molecule has 0 radical (unpaired) electrons. The van der Waals surface area contributed by atoms with Gasteiger partial charge in [-0.3, -0.25) is 0 Å². The number of aliphatic hydroxyl groups excluding tert-OH is 5. The molecular formula is C6H12O6. The molecule has 6 nitrogen and oxygen atoms in total. The molecule has 0 saturated carbocycles. The van der Waals surface area contributed by atoms with Crippen LogP contribution in [0.4, 0.5) is 0 Å². The average molecular weight is 181 g/mol. The Balaban J connectivity index is 4.07. The van der Waals surface area contributed by atoms with Crippen LogP contribution in [-0.2, 0) is 4.79 Å². The largest absolute Gasteiger partial charge is 0.394 e. The first-order valence-electron chi connectivity index (χ1n) is 3.33. The van der Waals surface area contributed by atoms with Crippen molar-refractivity contribution in [2.45, 2.75) is 24.4 Å². The lowest BCUT2D eigenvalue weighted by molar-refractivity contribution is -0.136. The number of carbonyl (C=O) groups is 1. The van der Waals surface area contributed by atoms with Crippen LogP contribution >= 0.6 is 0 Å². The molecule has 12 heavy (non-hydrogen) atoms. The van der Waals surface area contributed by atoms with Gasteiger partial charge in [-0.25, -0.2) is 0 Å². The molecule has 0 fully saturated rings. The molecule has 0 saturated heterocycles. The van der Waals surface area contributed by atoms with E-state index in [1.54, 1.807) is 0 Å². The quantitative estimate of drug-likeness (QED) is 0.223. The predicted octanol–water partition coefficient (Wildman–Crippen LogP) is -3.38. The van der Waals surface area contributed by atoms with E-state index in [4.69, 9.17) is 25.5 Å². The molecule has 0 aromatic carbocycles. The van der Waals surface area contributed by atoms with Gasteiger partial charge in [-0.2, -0.15) is 0 Å². The van der Waals surface area contributed by atoms with Crippen LogP contribution in [0, 0.1) is 0 Å². The molecule has 0 aliphatic rings. The van der Waals surface area contributed by atoms with Crippen molar-refractivity contribution in [2.75, 3.05) is 6.61 Å². The summed E-state index contributed by atoms with van der Waals surface area (Å²) in [5.41, 5.74) is 0. The van der Waals surface area contributed by atoms with E-state index in [1.807, 2.05) is 0 Å². The summed E-state index contributed by atoms with van der Waals surface area (Å²) in [5, 5.41) is 43.5. The minimum absolute atomic E-state index is 0.0258. The average Bonchev–Trinajstić information content (AvgIpc) is 2.12. The number of aliphatic hydroxyl groups is 5. The summed E-state index contributed by atoms with van der Waals surface area (Å²) in [5.74, 6) is 0. The fourth-order valence-corrected chi connectivity index (χ4v) is 0.618. The standard InChI is InChI=1S/C6H12O6/c7-1-3(9)5(11)6(12)4(10)2-8/h1,3-6,8-12H,2H2/t3-,4-,5-,6-/m0/s1/i1+1. The van der Waals surface area contributed by atoms with Crippen molar-refractivity contribution in [3.8, 4) is 0 Å². The van der Waals surface area contributed by atoms with Crippen LogP contribution in [0.2, 0.25) is 0 Å². The van der Waals surface area contributed by atoms with E-state index in [0.29, 0.717) is 0 Å². The molecule has 0 heterocycles. The Morgan fingerprint density at radius 3 is 1.92 bits per heavy atom. The molecule has 0 amide bonds. The SMILES string of the molecule is O=[13CH][C@H](O)[C@H](O)[C@@H](O)[C@@H](O)CO. The minimum Gasteiger partial charge on any atom is -0.394 e. The second-order valence-corrected chi connectivity index (χ2v) is 2.36. The van der Waals surface area contributed by atoms with E-state index in [2.05, 4.69) is 0 Å². The number of hydrogen-bond donors (Lipinski definition) is 5. The Kier molecular flexibility index (Phi) is 4.95. The Bertz CT molecular complexity index is 138. The van der Waals surface area contributed by atoms with Crippen LogP contribution in [0.3, 0.4) is 0 Å². The summed E-state index contributed by atoms with van der Waals surface area (Å²) >= 11 is 0. The minimum atomic E-state index is -1.79. The highest BCUT2D eigenvalue weighted by Gasteiger charge is 2.29. The first kappa shape index (κ1) is 11.5. The lowest BCUT2D eigenvalue weighted by Crippen LogP contribution is -2.46. The first-order valence-corrected chi connectivity index (χ1v) is 3.33. The molecule has 0 aliphatic carbocycles. The maximum absolute atomic E-state index is 9.90. The Morgan fingerprint density at radius 2 is 1.58 bits per heavy atom. The zero-order valence-corrected chi connectivity index (χ0v) is 6.24. The molecule has 0 bridgehead atoms. The van der Waals surface area contributed by atoms with Gasteiger partial charge in [0.25, 0.3) is 0 Å². The highest BCUT2D eigenvalue weighted by Crippen LogP contribution is 2.02. The van der Waals surface area contributed by atoms with Crippen molar-refractivity contribution in [1.82, 2.24) is 0 Å². The van der Waals surface area contributed by atoms with Crippen LogP contribution in [0.15, 0.2) is 0 Å². The number of hydrogen-bond acceptors (Lipinski definition) is 6. The van der Waals surface area contributed by atoms with Crippen LogP contribution in [0.1, 0.15) is 0 Å². The molecule has 0 aromatic heterocycles. The molecule has 0 rings (SSSR count). The van der Waals surface area contributed by atoms with Gasteiger partial charge in [0.2, 0.25) is 0 Å². The van der Waals surface area contributed by atoms with Crippen molar-refractivity contribution in [3.05, 3.63) is 0 Å². The summed E-state index contributed by atoms with van der Waals surface area (Å²) in [4.78, 5) is 9.90. The summed E-state index contributed by atoms with van der Waals surface area (Å²) in [6.07, 6.45) is -6.84. The van der Waals surface area contributed by atoms with E-state index in [-0.39, 0.29) is 6.29 Å². The maximum Gasteiger partial charge on any atom is 0.151 e. The fraction of sp³-hybridized carbons (Fsp3) is 0.833. The van der Waals surface area contributed by atoms with E-state index < -0.39 is 31.0 Å². The van der Waals surface area contributed by atoms with Crippen LogP contribution in [-0.4, -0.2) is 62.8 Å². The monoisotopic (exact) mass is 181 g/mol. The van der Waals surface area contributed by atoms with Gasteiger partial charge in [0.1, 0.15) is 24.4 Å². The third-order valence-corrected chi connectivity index (χ3v) is 1.42. The van der Waals surface area contributed by atoms with Crippen molar-refractivity contribution in [2.24, 2.45) is 0 Å². The van der Waals surface area contributed by atoms with Gasteiger partial charge in [-0.05, 0) is 0 Å². The Morgan fingerprint density at radius 1 is 1.08 bits per heavy atom. The van der Waals surface area contributed by atoms with Crippen LogP contribution in [0.25, 0.3) is 0 Å². The van der Waals surface area contributed by atoms with Crippen LogP contribution < -0.4 is 0 Å². The lowest BCUT2D eigenvalue weighted by atomic mass is 10.1. The Hall–Kier alpha value is -0.530. The summed E-state index contributed by atoms with van der Waals surface area (Å²) in [6.45, 7) is -0.760. The molecule has 0 spiro atoms. The molecular weight excluding hydrogens is 169 g/mol. The van der Waals surface area contributed by atoms with Gasteiger partial charge < -0.3 is 30.3 Å². The molecule has 0 unspecified atom stereocenters. The maximum atomic E-state index is 9.90. The summed E-state index contributed by atoms with van der Waals surface area (Å²) in [7, 11) is 0. The smallest absolute Gasteiger partial charge is 0.151 e. The van der Waals surface area contributed by atoms with Crippen molar-refractivity contribution < 1.29 is 30.3 Å². The van der Waals surface area contributed by atoms with Crippen molar-refractivity contribution in [3.63, 3.8) is 0 Å². The lowest BCUT2D eigenvalue weighted by Gasteiger charge is -2.22. The number of rotatable bonds is 5. The summed E-state index contributed by atoms with van der Waals surface area (Å²) in [6, 6.07) is 0. The van der Waals surface area contributed by atoms with E-state index in [9.17, 15) is 4.79 Å². The zero-order chi connectivity index (χ0) is 9.72. The van der Waals surface area contributed by atoms with E-state index in [1.165, 1.54) is 0 Å². The van der Waals surface area contributed by atoms with Gasteiger partial charge in [-0.1, -0.05) is 0 Å². The number of carbonyl (C=O) groups excluding carboxylic acids is 1. The van der Waals surface area contributed by atoms with Crippen molar-refractivity contribution >= 4 is 6.29 Å². The van der Waals surface area contributed by atoms with Gasteiger partial charge in [-0.15, -0.1) is 0 Å². The third kappa shape index (κ3) is 2.84. The molecule has 4 atom stereocenters.